The summed E-state index contributed by atoms with van der Waals surface area (Å²) in [5.74, 6) is 1.65. The molecular formula is C13H16ClN3O2. The molecule has 0 radical (unpaired) electrons. The molecule has 2 aromatic rings. The van der Waals surface area contributed by atoms with Gasteiger partial charge in [-0.1, -0.05) is 17.7 Å². The Kier molecular flexibility index (Phi) is 4.39. The highest BCUT2D eigenvalue weighted by atomic mass is 35.5. The van der Waals surface area contributed by atoms with Crippen LogP contribution in [0.2, 0.25) is 5.02 Å². The maximum absolute atomic E-state index is 5.90. The summed E-state index contributed by atoms with van der Waals surface area (Å²) in [6.07, 6.45) is -0.330. The Labute approximate surface area is 116 Å². The standard InChI is InChI=1S/C13H16ClN3O2/c1-8(15-3)12-16-17-13(19-12)9(2)18-11-6-4-5-10(14)7-11/h4-9,15H,1-3H3. The lowest BCUT2D eigenvalue weighted by atomic mass is 10.3. The van der Waals surface area contributed by atoms with E-state index >= 15 is 0 Å². The second-order valence-electron chi connectivity index (χ2n) is 4.21. The van der Waals surface area contributed by atoms with Crippen molar-refractivity contribution in [2.75, 3.05) is 7.05 Å². The highest BCUT2D eigenvalue weighted by Gasteiger charge is 2.18. The molecule has 1 N–H and O–H groups in total. The first kappa shape index (κ1) is 13.8. The normalized spacial score (nSPS) is 14.1. The van der Waals surface area contributed by atoms with Gasteiger partial charge in [-0.15, -0.1) is 10.2 Å². The second-order valence-corrected chi connectivity index (χ2v) is 4.64. The first-order valence-electron chi connectivity index (χ1n) is 6.03. The van der Waals surface area contributed by atoms with E-state index in [0.29, 0.717) is 22.6 Å². The molecule has 2 rings (SSSR count). The minimum Gasteiger partial charge on any atom is -0.481 e. The molecule has 1 heterocycles. The van der Waals surface area contributed by atoms with E-state index in [1.807, 2.05) is 33.0 Å². The smallest absolute Gasteiger partial charge is 0.256 e. The monoisotopic (exact) mass is 281 g/mol. The molecule has 0 saturated carbocycles. The summed E-state index contributed by atoms with van der Waals surface area (Å²) in [5, 5.41) is 11.6. The molecule has 2 unspecified atom stereocenters. The number of aromatic nitrogens is 2. The van der Waals surface area contributed by atoms with Gasteiger partial charge in [0.2, 0.25) is 5.89 Å². The van der Waals surface area contributed by atoms with Crippen LogP contribution in [0, 0.1) is 0 Å². The van der Waals surface area contributed by atoms with Crippen LogP contribution in [0.5, 0.6) is 5.75 Å². The minimum atomic E-state index is -0.330. The summed E-state index contributed by atoms with van der Waals surface area (Å²) < 4.78 is 11.3. The van der Waals surface area contributed by atoms with Gasteiger partial charge in [-0.2, -0.15) is 0 Å². The zero-order chi connectivity index (χ0) is 13.8. The topological polar surface area (TPSA) is 60.2 Å². The van der Waals surface area contributed by atoms with Gasteiger partial charge in [-0.25, -0.2) is 0 Å². The highest BCUT2D eigenvalue weighted by molar-refractivity contribution is 6.30. The van der Waals surface area contributed by atoms with Crippen LogP contribution in [-0.2, 0) is 0 Å². The summed E-state index contributed by atoms with van der Waals surface area (Å²) in [7, 11) is 1.83. The second kappa shape index (κ2) is 6.04. The third kappa shape index (κ3) is 3.45. The largest absolute Gasteiger partial charge is 0.481 e. The van der Waals surface area contributed by atoms with Crippen molar-refractivity contribution in [3.8, 4) is 5.75 Å². The molecule has 1 aromatic carbocycles. The van der Waals surface area contributed by atoms with Crippen molar-refractivity contribution in [3.63, 3.8) is 0 Å². The Balaban J connectivity index is 2.07. The lowest BCUT2D eigenvalue weighted by Gasteiger charge is -2.11. The summed E-state index contributed by atoms with van der Waals surface area (Å²) in [5.41, 5.74) is 0. The maximum atomic E-state index is 5.90. The molecule has 5 nitrogen and oxygen atoms in total. The van der Waals surface area contributed by atoms with Crippen LogP contribution >= 0.6 is 11.6 Å². The summed E-state index contributed by atoms with van der Waals surface area (Å²) >= 11 is 5.90. The van der Waals surface area contributed by atoms with Crippen LogP contribution in [0.3, 0.4) is 0 Å². The van der Waals surface area contributed by atoms with Gasteiger partial charge in [0, 0.05) is 5.02 Å². The first-order valence-corrected chi connectivity index (χ1v) is 6.40. The van der Waals surface area contributed by atoms with Crippen molar-refractivity contribution in [3.05, 3.63) is 41.1 Å². The molecule has 0 aliphatic carbocycles. The van der Waals surface area contributed by atoms with E-state index < -0.39 is 0 Å². The van der Waals surface area contributed by atoms with E-state index in [0.717, 1.165) is 0 Å². The molecule has 0 aliphatic rings. The SMILES string of the molecule is CNC(C)c1nnc(C(C)Oc2cccc(Cl)c2)o1. The van der Waals surface area contributed by atoms with Gasteiger partial charge < -0.3 is 14.5 Å². The number of hydrogen-bond acceptors (Lipinski definition) is 5. The van der Waals surface area contributed by atoms with Gasteiger partial charge in [-0.3, -0.25) is 0 Å². The van der Waals surface area contributed by atoms with Crippen LogP contribution in [-0.4, -0.2) is 17.2 Å². The third-order valence-electron chi connectivity index (χ3n) is 2.72. The van der Waals surface area contributed by atoms with Gasteiger partial charge in [0.05, 0.1) is 6.04 Å². The van der Waals surface area contributed by atoms with Crippen LogP contribution in [0.15, 0.2) is 28.7 Å². The van der Waals surface area contributed by atoms with Crippen molar-refractivity contribution in [1.82, 2.24) is 15.5 Å². The molecule has 1 aromatic heterocycles. The Morgan fingerprint density at radius 1 is 1.26 bits per heavy atom. The fraction of sp³-hybridized carbons (Fsp3) is 0.385. The van der Waals surface area contributed by atoms with Gasteiger partial charge in [0.15, 0.2) is 6.10 Å². The fourth-order valence-electron chi connectivity index (χ4n) is 1.50. The first-order chi connectivity index (χ1) is 9.10. The fourth-order valence-corrected chi connectivity index (χ4v) is 1.68. The van der Waals surface area contributed by atoms with E-state index in [9.17, 15) is 0 Å². The number of ether oxygens (including phenoxy) is 1. The molecule has 6 heteroatoms. The van der Waals surface area contributed by atoms with E-state index in [4.69, 9.17) is 20.8 Å². The van der Waals surface area contributed by atoms with Crippen molar-refractivity contribution >= 4 is 11.6 Å². The predicted octanol–water partition coefficient (Wildman–Crippen LogP) is 3.14. The Morgan fingerprint density at radius 2 is 2.00 bits per heavy atom. The molecule has 102 valence electrons. The Morgan fingerprint density at radius 3 is 2.68 bits per heavy atom. The maximum Gasteiger partial charge on any atom is 0.256 e. The van der Waals surface area contributed by atoms with Gasteiger partial charge in [0.25, 0.3) is 5.89 Å². The van der Waals surface area contributed by atoms with E-state index in [-0.39, 0.29) is 12.1 Å². The molecule has 19 heavy (non-hydrogen) atoms. The summed E-state index contributed by atoms with van der Waals surface area (Å²) in [6, 6.07) is 7.20. The summed E-state index contributed by atoms with van der Waals surface area (Å²) in [6.45, 7) is 3.79. The number of hydrogen-bond donors (Lipinski definition) is 1. The third-order valence-corrected chi connectivity index (χ3v) is 2.95. The zero-order valence-corrected chi connectivity index (χ0v) is 11.8. The van der Waals surface area contributed by atoms with Crippen LogP contribution in [0.25, 0.3) is 0 Å². The van der Waals surface area contributed by atoms with Crippen LogP contribution in [0.4, 0.5) is 0 Å². The minimum absolute atomic E-state index is 0.0135. The summed E-state index contributed by atoms with van der Waals surface area (Å²) in [4.78, 5) is 0. The van der Waals surface area contributed by atoms with Crippen molar-refractivity contribution < 1.29 is 9.15 Å². The lowest BCUT2D eigenvalue weighted by molar-refractivity contribution is 0.184. The molecule has 2 atom stereocenters. The Bertz CT molecular complexity index is 544. The van der Waals surface area contributed by atoms with Gasteiger partial charge >= 0.3 is 0 Å². The average molecular weight is 282 g/mol. The molecule has 0 fully saturated rings. The molecule has 0 spiro atoms. The lowest BCUT2D eigenvalue weighted by Crippen LogP contribution is -2.12. The van der Waals surface area contributed by atoms with E-state index in [2.05, 4.69) is 15.5 Å². The molecule has 0 bridgehead atoms. The van der Waals surface area contributed by atoms with Gasteiger partial charge in [-0.05, 0) is 39.1 Å². The van der Waals surface area contributed by atoms with Crippen LogP contribution in [0.1, 0.15) is 37.8 Å². The zero-order valence-electron chi connectivity index (χ0n) is 11.1. The number of nitrogens with one attached hydrogen (secondary N) is 1. The number of halogens is 1. The predicted molar refractivity (Wildman–Crippen MR) is 72.3 cm³/mol. The molecule has 0 amide bonds. The quantitative estimate of drug-likeness (QED) is 0.912. The number of benzene rings is 1. The van der Waals surface area contributed by atoms with E-state index in [1.54, 1.807) is 12.1 Å². The average Bonchev–Trinajstić information content (AvgIpc) is 2.87. The van der Waals surface area contributed by atoms with Crippen molar-refractivity contribution in [2.24, 2.45) is 0 Å². The molecular weight excluding hydrogens is 266 g/mol. The van der Waals surface area contributed by atoms with Gasteiger partial charge in [0.1, 0.15) is 5.75 Å². The van der Waals surface area contributed by atoms with Crippen LogP contribution < -0.4 is 10.1 Å². The van der Waals surface area contributed by atoms with Crippen molar-refractivity contribution in [1.29, 1.82) is 0 Å². The number of nitrogens with zero attached hydrogens (tertiary/aromatic N) is 2. The van der Waals surface area contributed by atoms with E-state index in [1.165, 1.54) is 0 Å². The Hall–Kier alpha value is -1.59. The molecule has 0 saturated heterocycles. The molecule has 0 aliphatic heterocycles. The highest BCUT2D eigenvalue weighted by Crippen LogP contribution is 2.24. The number of rotatable bonds is 5. The van der Waals surface area contributed by atoms with Crippen molar-refractivity contribution in [2.45, 2.75) is 26.0 Å².